The highest BCUT2D eigenvalue weighted by Crippen LogP contribution is 2.17. The molecule has 0 radical (unpaired) electrons. The molecule has 0 aliphatic carbocycles. The van der Waals surface area contributed by atoms with Gasteiger partial charge in [-0.15, -0.1) is 5.10 Å². The minimum absolute atomic E-state index is 0.0269. The summed E-state index contributed by atoms with van der Waals surface area (Å²) in [4.78, 5) is 0. The van der Waals surface area contributed by atoms with Crippen molar-refractivity contribution < 1.29 is 9.13 Å². The number of hydrogen-bond acceptors (Lipinski definition) is 3. The van der Waals surface area contributed by atoms with E-state index in [0.717, 1.165) is 5.56 Å². The van der Waals surface area contributed by atoms with Crippen LogP contribution in [0.2, 0.25) is 0 Å². The normalized spacial score (nSPS) is 9.62. The number of benzene rings is 1. The lowest BCUT2D eigenvalue weighted by Gasteiger charge is -2.05. The molecule has 6 heteroatoms. The Labute approximate surface area is 93.3 Å². The maximum atomic E-state index is 13.3. The standard InChI is InChI=1S/C10H15FN4O/c1-16-9-3-2-7(6-8(9)11)4-5-14-15-10(12)13/h2-3,6,14H,4-5H2,1H3,(H4,12,13,15). The van der Waals surface area contributed by atoms with Crippen molar-refractivity contribution in [3.05, 3.63) is 29.6 Å². The molecule has 88 valence electrons. The fourth-order valence-corrected chi connectivity index (χ4v) is 1.21. The number of methoxy groups -OCH3 is 1. The van der Waals surface area contributed by atoms with Crippen LogP contribution < -0.4 is 21.6 Å². The van der Waals surface area contributed by atoms with E-state index in [4.69, 9.17) is 16.2 Å². The molecule has 1 aromatic rings. The third kappa shape index (κ3) is 3.64. The van der Waals surface area contributed by atoms with Crippen LogP contribution in [-0.2, 0) is 6.42 Å². The highest BCUT2D eigenvalue weighted by Gasteiger charge is 2.02. The highest BCUT2D eigenvalue weighted by molar-refractivity contribution is 5.75. The number of rotatable bonds is 5. The van der Waals surface area contributed by atoms with Gasteiger partial charge in [0.15, 0.2) is 11.6 Å². The first-order valence-corrected chi connectivity index (χ1v) is 4.77. The Morgan fingerprint density at radius 1 is 1.50 bits per heavy atom. The first-order valence-electron chi connectivity index (χ1n) is 4.77. The molecule has 16 heavy (non-hydrogen) atoms. The zero-order chi connectivity index (χ0) is 12.0. The van der Waals surface area contributed by atoms with Gasteiger partial charge in [0.05, 0.1) is 7.11 Å². The molecule has 0 bridgehead atoms. The molecule has 1 aromatic carbocycles. The summed E-state index contributed by atoms with van der Waals surface area (Å²) in [7, 11) is 1.43. The Kier molecular flexibility index (Phi) is 4.38. The fraction of sp³-hybridized carbons (Fsp3) is 0.300. The van der Waals surface area contributed by atoms with Gasteiger partial charge in [0.1, 0.15) is 0 Å². The number of ether oxygens (including phenoxy) is 1. The number of nitrogens with one attached hydrogen (secondary N) is 1. The molecule has 0 heterocycles. The van der Waals surface area contributed by atoms with Gasteiger partial charge in [-0.2, -0.15) is 0 Å². The average Bonchev–Trinajstić information content (AvgIpc) is 2.24. The summed E-state index contributed by atoms with van der Waals surface area (Å²) in [5.41, 5.74) is 13.8. The fourth-order valence-electron chi connectivity index (χ4n) is 1.21. The molecule has 0 amide bonds. The summed E-state index contributed by atoms with van der Waals surface area (Å²) in [6.07, 6.45) is 0.623. The Bertz CT molecular complexity index is 377. The molecule has 5 nitrogen and oxygen atoms in total. The van der Waals surface area contributed by atoms with E-state index in [2.05, 4.69) is 10.5 Å². The van der Waals surface area contributed by atoms with Crippen LogP contribution in [0.3, 0.4) is 0 Å². The summed E-state index contributed by atoms with van der Waals surface area (Å²) in [6, 6.07) is 4.81. The predicted molar refractivity (Wildman–Crippen MR) is 60.5 cm³/mol. The third-order valence-electron chi connectivity index (χ3n) is 1.95. The van der Waals surface area contributed by atoms with Crippen LogP contribution in [0.5, 0.6) is 5.75 Å². The Balaban J connectivity index is 2.49. The van der Waals surface area contributed by atoms with Crippen LogP contribution in [0.25, 0.3) is 0 Å². The van der Waals surface area contributed by atoms with Gasteiger partial charge in [-0.25, -0.2) is 4.39 Å². The summed E-state index contributed by atoms with van der Waals surface area (Å²) in [5, 5.41) is 3.60. The van der Waals surface area contributed by atoms with Crippen molar-refractivity contribution >= 4 is 5.96 Å². The van der Waals surface area contributed by atoms with E-state index in [-0.39, 0.29) is 17.5 Å². The molecule has 0 aromatic heterocycles. The smallest absolute Gasteiger partial charge is 0.208 e. The maximum Gasteiger partial charge on any atom is 0.208 e. The topological polar surface area (TPSA) is 85.7 Å². The molecular weight excluding hydrogens is 211 g/mol. The van der Waals surface area contributed by atoms with Gasteiger partial charge in [-0.1, -0.05) is 6.07 Å². The second kappa shape index (κ2) is 5.79. The lowest BCUT2D eigenvalue weighted by molar-refractivity contribution is 0.386. The minimum atomic E-state index is -0.373. The molecule has 0 saturated carbocycles. The SMILES string of the molecule is COc1ccc(CCNN=C(N)N)cc1F. The quantitative estimate of drug-likeness (QED) is 0.289. The Hall–Kier alpha value is -1.98. The van der Waals surface area contributed by atoms with Gasteiger partial charge in [-0.05, 0) is 24.1 Å². The Morgan fingerprint density at radius 3 is 2.81 bits per heavy atom. The summed E-state index contributed by atoms with van der Waals surface area (Å²) in [5.74, 6) is -0.163. The first kappa shape index (κ1) is 12.1. The summed E-state index contributed by atoms with van der Waals surface area (Å²) < 4.78 is 18.1. The maximum absolute atomic E-state index is 13.3. The lowest BCUT2D eigenvalue weighted by Crippen LogP contribution is -2.27. The van der Waals surface area contributed by atoms with Crippen molar-refractivity contribution in [3.63, 3.8) is 0 Å². The molecular formula is C10H15FN4O. The van der Waals surface area contributed by atoms with Gasteiger partial charge >= 0.3 is 0 Å². The number of guanidine groups is 1. The van der Waals surface area contributed by atoms with Gasteiger partial charge in [0.25, 0.3) is 0 Å². The second-order valence-corrected chi connectivity index (χ2v) is 3.16. The van der Waals surface area contributed by atoms with Gasteiger partial charge in [-0.3, -0.25) is 0 Å². The van der Waals surface area contributed by atoms with Crippen LogP contribution >= 0.6 is 0 Å². The number of hydrazone groups is 1. The predicted octanol–water partition coefficient (Wildman–Crippen LogP) is 0.155. The van der Waals surface area contributed by atoms with Crippen molar-refractivity contribution in [1.29, 1.82) is 0 Å². The van der Waals surface area contributed by atoms with E-state index in [1.165, 1.54) is 13.2 Å². The Morgan fingerprint density at radius 2 is 2.25 bits per heavy atom. The second-order valence-electron chi connectivity index (χ2n) is 3.16. The van der Waals surface area contributed by atoms with E-state index in [1.54, 1.807) is 12.1 Å². The van der Waals surface area contributed by atoms with E-state index in [1.807, 2.05) is 0 Å². The van der Waals surface area contributed by atoms with Crippen LogP contribution in [0.1, 0.15) is 5.56 Å². The van der Waals surface area contributed by atoms with E-state index in [9.17, 15) is 4.39 Å². The number of hydrogen-bond donors (Lipinski definition) is 3. The molecule has 0 saturated heterocycles. The highest BCUT2D eigenvalue weighted by atomic mass is 19.1. The minimum Gasteiger partial charge on any atom is -0.494 e. The van der Waals surface area contributed by atoms with E-state index < -0.39 is 0 Å². The average molecular weight is 226 g/mol. The lowest BCUT2D eigenvalue weighted by atomic mass is 10.1. The zero-order valence-electron chi connectivity index (χ0n) is 9.03. The van der Waals surface area contributed by atoms with Crippen LogP contribution in [0.4, 0.5) is 4.39 Å². The first-order chi connectivity index (χ1) is 7.63. The molecule has 5 N–H and O–H groups in total. The molecule has 0 aliphatic heterocycles. The number of nitrogens with two attached hydrogens (primary N) is 2. The van der Waals surface area contributed by atoms with E-state index >= 15 is 0 Å². The van der Waals surface area contributed by atoms with Crippen LogP contribution in [-0.4, -0.2) is 19.6 Å². The molecule has 0 fully saturated rings. The largest absolute Gasteiger partial charge is 0.494 e. The van der Waals surface area contributed by atoms with Crippen molar-refractivity contribution in [1.82, 2.24) is 5.43 Å². The van der Waals surface area contributed by atoms with Crippen molar-refractivity contribution in [3.8, 4) is 5.75 Å². The molecule has 0 unspecified atom stereocenters. The molecule has 0 aliphatic rings. The van der Waals surface area contributed by atoms with Crippen molar-refractivity contribution in [2.45, 2.75) is 6.42 Å². The van der Waals surface area contributed by atoms with E-state index in [0.29, 0.717) is 13.0 Å². The number of halogens is 1. The third-order valence-corrected chi connectivity index (χ3v) is 1.95. The summed E-state index contributed by atoms with van der Waals surface area (Å²) >= 11 is 0. The number of nitrogens with zero attached hydrogens (tertiary/aromatic N) is 1. The molecule has 1 rings (SSSR count). The van der Waals surface area contributed by atoms with Crippen LogP contribution in [0, 0.1) is 5.82 Å². The van der Waals surface area contributed by atoms with Crippen LogP contribution in [0.15, 0.2) is 23.3 Å². The molecule has 0 atom stereocenters. The van der Waals surface area contributed by atoms with Crippen molar-refractivity contribution in [2.24, 2.45) is 16.6 Å². The monoisotopic (exact) mass is 226 g/mol. The van der Waals surface area contributed by atoms with Gasteiger partial charge in [0.2, 0.25) is 5.96 Å². The van der Waals surface area contributed by atoms with Crippen molar-refractivity contribution in [2.75, 3.05) is 13.7 Å². The zero-order valence-corrected chi connectivity index (χ0v) is 9.03. The van der Waals surface area contributed by atoms with Gasteiger partial charge < -0.3 is 21.6 Å². The molecule has 0 spiro atoms. The van der Waals surface area contributed by atoms with Gasteiger partial charge in [0, 0.05) is 6.54 Å². The summed E-state index contributed by atoms with van der Waals surface area (Å²) in [6.45, 7) is 0.531.